The van der Waals surface area contributed by atoms with Crippen LogP contribution in [-0.2, 0) is 6.42 Å². The van der Waals surface area contributed by atoms with Crippen molar-refractivity contribution in [3.05, 3.63) is 34.1 Å². The summed E-state index contributed by atoms with van der Waals surface area (Å²) >= 11 is 3.33. The molecule has 1 aromatic rings. The molecular formula is C12H14BrF2N. The van der Waals surface area contributed by atoms with Crippen LogP contribution in [-0.4, -0.2) is 18.8 Å². The lowest BCUT2D eigenvalue weighted by molar-refractivity contribution is 0.116. The van der Waals surface area contributed by atoms with E-state index in [4.69, 9.17) is 0 Å². The predicted octanol–water partition coefficient (Wildman–Crippen LogP) is 3.22. The molecule has 1 N–H and O–H groups in total. The standard InChI is InChI=1S/C12H14BrF2N/c13-11-2-1-10(14)7-9(11)8-12(15)3-5-16-6-4-12/h1-2,7,16H,3-6,8H2. The van der Waals surface area contributed by atoms with E-state index in [1.54, 1.807) is 6.07 Å². The van der Waals surface area contributed by atoms with Crippen molar-refractivity contribution >= 4 is 15.9 Å². The van der Waals surface area contributed by atoms with Crippen molar-refractivity contribution in [1.82, 2.24) is 5.32 Å². The zero-order valence-electron chi connectivity index (χ0n) is 8.90. The highest BCUT2D eigenvalue weighted by atomic mass is 79.9. The first-order valence-electron chi connectivity index (χ1n) is 5.43. The Balaban J connectivity index is 2.15. The quantitative estimate of drug-likeness (QED) is 0.882. The molecule has 0 aliphatic carbocycles. The van der Waals surface area contributed by atoms with E-state index in [1.165, 1.54) is 12.1 Å². The Kier molecular flexibility index (Phi) is 3.60. The molecule has 1 aromatic carbocycles. The molecule has 1 heterocycles. The van der Waals surface area contributed by atoms with Crippen molar-refractivity contribution in [1.29, 1.82) is 0 Å². The first-order valence-corrected chi connectivity index (χ1v) is 6.22. The number of benzene rings is 1. The highest BCUT2D eigenvalue weighted by molar-refractivity contribution is 9.10. The smallest absolute Gasteiger partial charge is 0.123 e. The lowest BCUT2D eigenvalue weighted by Crippen LogP contribution is -2.40. The normalized spacial score (nSPS) is 19.7. The lowest BCUT2D eigenvalue weighted by atomic mass is 9.88. The fourth-order valence-corrected chi connectivity index (χ4v) is 2.46. The van der Waals surface area contributed by atoms with Gasteiger partial charge in [-0.05, 0) is 49.7 Å². The van der Waals surface area contributed by atoms with Gasteiger partial charge in [-0.15, -0.1) is 0 Å². The van der Waals surface area contributed by atoms with E-state index in [0.29, 0.717) is 31.5 Å². The summed E-state index contributed by atoms with van der Waals surface area (Å²) < 4.78 is 28.2. The average Bonchev–Trinajstić information content (AvgIpc) is 2.24. The van der Waals surface area contributed by atoms with Crippen LogP contribution in [0.5, 0.6) is 0 Å². The van der Waals surface area contributed by atoms with E-state index in [2.05, 4.69) is 21.2 Å². The molecule has 0 saturated carbocycles. The van der Waals surface area contributed by atoms with Crippen LogP contribution < -0.4 is 5.32 Å². The molecule has 0 aromatic heterocycles. The highest BCUT2D eigenvalue weighted by Crippen LogP contribution is 2.30. The average molecular weight is 290 g/mol. The minimum absolute atomic E-state index is 0.285. The summed E-state index contributed by atoms with van der Waals surface area (Å²) in [5, 5.41) is 3.13. The number of hydrogen-bond donors (Lipinski definition) is 1. The molecule has 2 rings (SSSR count). The van der Waals surface area contributed by atoms with Gasteiger partial charge in [0.1, 0.15) is 11.5 Å². The summed E-state index contributed by atoms with van der Waals surface area (Å²) in [7, 11) is 0. The number of hydrogen-bond acceptors (Lipinski definition) is 1. The Morgan fingerprint density at radius 1 is 1.31 bits per heavy atom. The fraction of sp³-hybridized carbons (Fsp3) is 0.500. The van der Waals surface area contributed by atoms with Crippen LogP contribution in [0.2, 0.25) is 0 Å². The van der Waals surface area contributed by atoms with Crippen molar-refractivity contribution < 1.29 is 8.78 Å². The minimum Gasteiger partial charge on any atom is -0.316 e. The molecular weight excluding hydrogens is 276 g/mol. The molecule has 1 aliphatic heterocycles. The summed E-state index contributed by atoms with van der Waals surface area (Å²) in [6.07, 6.45) is 1.28. The van der Waals surface area contributed by atoms with Crippen molar-refractivity contribution in [2.75, 3.05) is 13.1 Å². The van der Waals surface area contributed by atoms with Gasteiger partial charge in [0, 0.05) is 10.9 Å². The van der Waals surface area contributed by atoms with E-state index in [0.717, 1.165) is 4.47 Å². The first kappa shape index (κ1) is 12.0. The largest absolute Gasteiger partial charge is 0.316 e. The molecule has 4 heteroatoms. The van der Waals surface area contributed by atoms with Crippen molar-refractivity contribution in [2.45, 2.75) is 24.9 Å². The van der Waals surface area contributed by atoms with Gasteiger partial charge in [-0.2, -0.15) is 0 Å². The van der Waals surface area contributed by atoms with Crippen LogP contribution in [0, 0.1) is 5.82 Å². The monoisotopic (exact) mass is 289 g/mol. The SMILES string of the molecule is Fc1ccc(Br)c(CC2(F)CCNCC2)c1. The zero-order valence-corrected chi connectivity index (χ0v) is 10.5. The zero-order chi connectivity index (χ0) is 11.6. The van der Waals surface area contributed by atoms with Gasteiger partial charge in [-0.25, -0.2) is 8.78 Å². The summed E-state index contributed by atoms with van der Waals surface area (Å²) in [5.41, 5.74) is -0.480. The Bertz CT molecular complexity index is 375. The van der Waals surface area contributed by atoms with Gasteiger partial charge in [0.2, 0.25) is 0 Å². The topological polar surface area (TPSA) is 12.0 Å². The van der Waals surface area contributed by atoms with E-state index in [-0.39, 0.29) is 12.2 Å². The van der Waals surface area contributed by atoms with Gasteiger partial charge in [-0.3, -0.25) is 0 Å². The Morgan fingerprint density at radius 3 is 2.69 bits per heavy atom. The van der Waals surface area contributed by atoms with E-state index in [9.17, 15) is 8.78 Å². The first-order chi connectivity index (χ1) is 7.59. The lowest BCUT2D eigenvalue weighted by Gasteiger charge is -2.30. The number of piperidine rings is 1. The van der Waals surface area contributed by atoms with Crippen LogP contribution in [0.1, 0.15) is 18.4 Å². The molecule has 0 atom stereocenters. The number of alkyl halides is 1. The van der Waals surface area contributed by atoms with Gasteiger partial charge in [-0.1, -0.05) is 15.9 Å². The Hall–Kier alpha value is -0.480. The third kappa shape index (κ3) is 2.80. The van der Waals surface area contributed by atoms with Gasteiger partial charge < -0.3 is 5.32 Å². The van der Waals surface area contributed by atoms with Crippen molar-refractivity contribution in [3.63, 3.8) is 0 Å². The molecule has 0 spiro atoms. The second kappa shape index (κ2) is 4.80. The maximum absolute atomic E-state index is 14.4. The predicted molar refractivity (Wildman–Crippen MR) is 63.7 cm³/mol. The van der Waals surface area contributed by atoms with Crippen molar-refractivity contribution in [3.8, 4) is 0 Å². The summed E-state index contributed by atoms with van der Waals surface area (Å²) in [6.45, 7) is 1.40. The number of nitrogens with one attached hydrogen (secondary N) is 1. The molecule has 1 fully saturated rings. The van der Waals surface area contributed by atoms with Crippen LogP contribution in [0.3, 0.4) is 0 Å². The maximum Gasteiger partial charge on any atom is 0.123 e. The van der Waals surface area contributed by atoms with E-state index >= 15 is 0 Å². The molecule has 88 valence electrons. The van der Waals surface area contributed by atoms with E-state index in [1.807, 2.05) is 0 Å². The Morgan fingerprint density at radius 2 is 2.00 bits per heavy atom. The fourth-order valence-electron chi connectivity index (χ4n) is 2.07. The molecule has 0 amide bonds. The van der Waals surface area contributed by atoms with Crippen LogP contribution in [0.4, 0.5) is 8.78 Å². The van der Waals surface area contributed by atoms with Gasteiger partial charge in [0.05, 0.1) is 0 Å². The molecule has 0 unspecified atom stereocenters. The van der Waals surface area contributed by atoms with Gasteiger partial charge in [0.15, 0.2) is 0 Å². The number of halogens is 3. The molecule has 0 radical (unpaired) electrons. The third-order valence-corrected chi connectivity index (χ3v) is 3.79. The maximum atomic E-state index is 14.4. The molecule has 1 saturated heterocycles. The third-order valence-electron chi connectivity index (χ3n) is 3.01. The van der Waals surface area contributed by atoms with Gasteiger partial charge >= 0.3 is 0 Å². The Labute approximate surface area is 102 Å². The summed E-state index contributed by atoms with van der Waals surface area (Å²) in [5.74, 6) is -0.310. The molecule has 1 aliphatic rings. The van der Waals surface area contributed by atoms with E-state index < -0.39 is 5.67 Å². The van der Waals surface area contributed by atoms with Crippen LogP contribution in [0.15, 0.2) is 22.7 Å². The number of rotatable bonds is 2. The second-order valence-corrected chi connectivity index (χ2v) is 5.17. The summed E-state index contributed by atoms with van der Waals surface area (Å²) in [6, 6.07) is 4.42. The molecule has 0 bridgehead atoms. The van der Waals surface area contributed by atoms with Crippen LogP contribution in [0.25, 0.3) is 0 Å². The second-order valence-electron chi connectivity index (χ2n) is 4.31. The van der Waals surface area contributed by atoms with Crippen molar-refractivity contribution in [2.24, 2.45) is 0 Å². The summed E-state index contributed by atoms with van der Waals surface area (Å²) in [4.78, 5) is 0. The molecule has 1 nitrogen and oxygen atoms in total. The van der Waals surface area contributed by atoms with Gasteiger partial charge in [0.25, 0.3) is 0 Å². The minimum atomic E-state index is -1.19. The molecule has 16 heavy (non-hydrogen) atoms. The highest BCUT2D eigenvalue weighted by Gasteiger charge is 2.32. The van der Waals surface area contributed by atoms with Crippen LogP contribution >= 0.6 is 15.9 Å².